The monoisotopic (exact) mass is 225 g/mol. The van der Waals surface area contributed by atoms with Gasteiger partial charge in [0.25, 0.3) is 0 Å². The summed E-state index contributed by atoms with van der Waals surface area (Å²) in [6.07, 6.45) is 5.96. The quantitative estimate of drug-likeness (QED) is 0.547. The molecule has 0 aliphatic heterocycles. The third kappa shape index (κ3) is 4.93. The third-order valence-electron chi connectivity index (χ3n) is 2.31. The number of esters is 1. The smallest absolute Gasteiger partial charge is 0.306 e. The van der Waals surface area contributed by atoms with E-state index in [0.29, 0.717) is 18.9 Å². The van der Waals surface area contributed by atoms with E-state index in [1.165, 1.54) is 7.11 Å². The van der Waals surface area contributed by atoms with Crippen LogP contribution in [-0.4, -0.2) is 35.7 Å². The predicted molar refractivity (Wildman–Crippen MR) is 60.9 cm³/mol. The zero-order valence-corrected chi connectivity index (χ0v) is 9.85. The van der Waals surface area contributed by atoms with E-state index in [0.717, 1.165) is 13.1 Å². The van der Waals surface area contributed by atoms with E-state index < -0.39 is 0 Å². The number of ether oxygens (including phenoxy) is 1. The second kappa shape index (κ2) is 7.00. The van der Waals surface area contributed by atoms with Gasteiger partial charge in [0.2, 0.25) is 0 Å². The molecule has 0 spiro atoms. The van der Waals surface area contributed by atoms with Crippen LogP contribution in [0.2, 0.25) is 0 Å². The van der Waals surface area contributed by atoms with Crippen molar-refractivity contribution in [2.24, 2.45) is 5.92 Å². The minimum Gasteiger partial charge on any atom is -0.469 e. The lowest BCUT2D eigenvalue weighted by Crippen LogP contribution is -2.26. The molecule has 5 nitrogen and oxygen atoms in total. The van der Waals surface area contributed by atoms with Crippen LogP contribution in [0, 0.1) is 5.92 Å². The number of imidazole rings is 1. The zero-order valence-electron chi connectivity index (χ0n) is 9.85. The van der Waals surface area contributed by atoms with Gasteiger partial charge in [-0.25, -0.2) is 4.98 Å². The van der Waals surface area contributed by atoms with Gasteiger partial charge in [-0.1, -0.05) is 6.92 Å². The van der Waals surface area contributed by atoms with Gasteiger partial charge < -0.3 is 14.6 Å². The normalized spacial score (nSPS) is 12.4. The maximum absolute atomic E-state index is 10.8. The fourth-order valence-corrected chi connectivity index (χ4v) is 1.46. The molecule has 0 aliphatic carbocycles. The molecule has 1 N–H and O–H groups in total. The Labute approximate surface area is 95.8 Å². The first kappa shape index (κ1) is 12.7. The second-order valence-electron chi connectivity index (χ2n) is 3.89. The van der Waals surface area contributed by atoms with Crippen molar-refractivity contribution in [1.29, 1.82) is 0 Å². The van der Waals surface area contributed by atoms with Crippen LogP contribution in [0.25, 0.3) is 0 Å². The van der Waals surface area contributed by atoms with Crippen LogP contribution in [0.5, 0.6) is 0 Å². The highest BCUT2D eigenvalue weighted by atomic mass is 16.5. The van der Waals surface area contributed by atoms with Gasteiger partial charge >= 0.3 is 5.97 Å². The lowest BCUT2D eigenvalue weighted by atomic mass is 10.2. The third-order valence-corrected chi connectivity index (χ3v) is 2.31. The van der Waals surface area contributed by atoms with Crippen molar-refractivity contribution >= 4 is 5.97 Å². The Morgan fingerprint density at radius 3 is 3.06 bits per heavy atom. The molecule has 0 aliphatic rings. The predicted octanol–water partition coefficient (Wildman–Crippen LogP) is 0.672. The van der Waals surface area contributed by atoms with Crippen LogP contribution in [0.15, 0.2) is 18.7 Å². The molecule has 0 saturated heterocycles. The van der Waals surface area contributed by atoms with E-state index in [1.54, 1.807) is 6.20 Å². The maximum Gasteiger partial charge on any atom is 0.306 e. The van der Waals surface area contributed by atoms with Gasteiger partial charge in [0, 0.05) is 25.5 Å². The van der Waals surface area contributed by atoms with Crippen LogP contribution >= 0.6 is 0 Å². The molecule has 1 aromatic rings. The molecule has 0 fully saturated rings. The first-order valence-corrected chi connectivity index (χ1v) is 5.45. The summed E-state index contributed by atoms with van der Waals surface area (Å²) in [6, 6.07) is 0. The second-order valence-corrected chi connectivity index (χ2v) is 3.89. The Morgan fingerprint density at radius 2 is 2.44 bits per heavy atom. The van der Waals surface area contributed by atoms with Crippen molar-refractivity contribution in [2.75, 3.05) is 20.2 Å². The number of carbonyl (C=O) groups excluding carboxylic acids is 1. The Bertz CT molecular complexity index is 298. The van der Waals surface area contributed by atoms with Crippen molar-refractivity contribution in [2.45, 2.75) is 19.9 Å². The Morgan fingerprint density at radius 1 is 1.62 bits per heavy atom. The number of rotatable bonds is 7. The van der Waals surface area contributed by atoms with E-state index in [1.807, 2.05) is 17.1 Å². The van der Waals surface area contributed by atoms with Crippen molar-refractivity contribution in [3.8, 4) is 0 Å². The van der Waals surface area contributed by atoms with Crippen molar-refractivity contribution in [1.82, 2.24) is 14.9 Å². The lowest BCUT2D eigenvalue weighted by molar-refractivity contribution is -0.140. The van der Waals surface area contributed by atoms with E-state index in [9.17, 15) is 4.79 Å². The molecule has 90 valence electrons. The minimum absolute atomic E-state index is 0.172. The van der Waals surface area contributed by atoms with Gasteiger partial charge in [0.05, 0.1) is 19.9 Å². The Balaban J connectivity index is 2.06. The molecule has 0 bridgehead atoms. The average Bonchev–Trinajstić information content (AvgIpc) is 2.76. The van der Waals surface area contributed by atoms with Crippen molar-refractivity contribution in [3.63, 3.8) is 0 Å². The molecule has 1 heterocycles. The molecule has 1 unspecified atom stereocenters. The molecule has 1 aromatic heterocycles. The molecule has 0 amide bonds. The Kier molecular flexibility index (Phi) is 5.56. The van der Waals surface area contributed by atoms with Gasteiger partial charge in [0.15, 0.2) is 0 Å². The number of carbonyl (C=O) groups is 1. The molecule has 16 heavy (non-hydrogen) atoms. The molecule has 5 heteroatoms. The lowest BCUT2D eigenvalue weighted by Gasteiger charge is -2.12. The number of aromatic nitrogens is 2. The molecule has 0 saturated carbocycles. The number of hydrogen-bond donors (Lipinski definition) is 1. The van der Waals surface area contributed by atoms with Crippen LogP contribution < -0.4 is 5.32 Å². The molecular weight excluding hydrogens is 206 g/mol. The molecule has 0 aromatic carbocycles. The topological polar surface area (TPSA) is 56.1 Å². The highest BCUT2D eigenvalue weighted by Gasteiger charge is 2.03. The first-order valence-electron chi connectivity index (χ1n) is 5.45. The standard InChI is InChI=1S/C11H19N3O2/c1-10(8-14-6-5-13-9-14)7-12-4-3-11(15)16-2/h5-6,9-10,12H,3-4,7-8H2,1-2H3. The van der Waals surface area contributed by atoms with E-state index in [-0.39, 0.29) is 5.97 Å². The first-order chi connectivity index (χ1) is 7.72. The van der Waals surface area contributed by atoms with Crippen molar-refractivity contribution < 1.29 is 9.53 Å². The fourth-order valence-electron chi connectivity index (χ4n) is 1.46. The fraction of sp³-hybridized carbons (Fsp3) is 0.636. The van der Waals surface area contributed by atoms with Gasteiger partial charge in [-0.05, 0) is 12.5 Å². The van der Waals surface area contributed by atoms with E-state index >= 15 is 0 Å². The number of nitrogens with zero attached hydrogens (tertiary/aromatic N) is 2. The number of nitrogens with one attached hydrogen (secondary N) is 1. The van der Waals surface area contributed by atoms with Crippen LogP contribution in [-0.2, 0) is 16.1 Å². The van der Waals surface area contributed by atoms with Crippen LogP contribution in [0.1, 0.15) is 13.3 Å². The van der Waals surface area contributed by atoms with Crippen molar-refractivity contribution in [3.05, 3.63) is 18.7 Å². The van der Waals surface area contributed by atoms with Gasteiger partial charge in [0.1, 0.15) is 0 Å². The molecule has 1 rings (SSSR count). The summed E-state index contributed by atoms with van der Waals surface area (Å²) in [6.45, 7) is 4.65. The van der Waals surface area contributed by atoms with E-state index in [2.05, 4.69) is 22.0 Å². The summed E-state index contributed by atoms with van der Waals surface area (Å²) in [7, 11) is 1.41. The van der Waals surface area contributed by atoms with Gasteiger partial charge in [-0.3, -0.25) is 4.79 Å². The number of hydrogen-bond acceptors (Lipinski definition) is 4. The number of methoxy groups -OCH3 is 1. The van der Waals surface area contributed by atoms with E-state index in [4.69, 9.17) is 0 Å². The van der Waals surface area contributed by atoms with Crippen LogP contribution in [0.3, 0.4) is 0 Å². The summed E-state index contributed by atoms with van der Waals surface area (Å²) < 4.78 is 6.60. The molecule has 0 radical (unpaired) electrons. The summed E-state index contributed by atoms with van der Waals surface area (Å²) in [5.41, 5.74) is 0. The average molecular weight is 225 g/mol. The minimum atomic E-state index is -0.172. The van der Waals surface area contributed by atoms with Crippen LogP contribution in [0.4, 0.5) is 0 Å². The maximum atomic E-state index is 10.8. The summed E-state index contributed by atoms with van der Waals surface area (Å²) in [5.74, 6) is 0.335. The largest absolute Gasteiger partial charge is 0.469 e. The summed E-state index contributed by atoms with van der Waals surface area (Å²) >= 11 is 0. The summed E-state index contributed by atoms with van der Waals surface area (Å²) in [4.78, 5) is 14.8. The molecule has 1 atom stereocenters. The summed E-state index contributed by atoms with van der Waals surface area (Å²) in [5, 5.41) is 3.23. The highest BCUT2D eigenvalue weighted by Crippen LogP contribution is 1.98. The highest BCUT2D eigenvalue weighted by molar-refractivity contribution is 5.69. The SMILES string of the molecule is COC(=O)CCNCC(C)Cn1ccnc1. The zero-order chi connectivity index (χ0) is 11.8. The van der Waals surface area contributed by atoms with Gasteiger partial charge in [-0.2, -0.15) is 0 Å². The molecular formula is C11H19N3O2. The Hall–Kier alpha value is -1.36. The van der Waals surface area contributed by atoms with Gasteiger partial charge in [-0.15, -0.1) is 0 Å².